The highest BCUT2D eigenvalue weighted by Gasteiger charge is 2.31. The molecule has 1 aliphatic rings. The number of amidine groups is 1. The number of halogens is 4. The molecule has 1 saturated heterocycles. The summed E-state index contributed by atoms with van der Waals surface area (Å²) in [4.78, 5) is 20.2. The van der Waals surface area contributed by atoms with E-state index in [-0.39, 0.29) is 11.7 Å². The lowest BCUT2D eigenvalue weighted by Crippen LogP contribution is -2.39. The van der Waals surface area contributed by atoms with Crippen LogP contribution in [-0.2, 0) is 12.6 Å². The van der Waals surface area contributed by atoms with Crippen LogP contribution >= 0.6 is 0 Å². The molecule has 1 fully saturated rings. The van der Waals surface area contributed by atoms with Crippen molar-refractivity contribution in [1.29, 1.82) is 5.41 Å². The van der Waals surface area contributed by atoms with Gasteiger partial charge in [-0.2, -0.15) is 18.2 Å². The molecule has 0 radical (unpaired) electrons. The highest BCUT2D eigenvalue weighted by atomic mass is 19.4. The minimum Gasteiger partial charge on any atom is -0.374 e. The maximum absolute atomic E-state index is 13.8. The van der Waals surface area contributed by atoms with E-state index in [0.717, 1.165) is 49.9 Å². The van der Waals surface area contributed by atoms with Crippen LogP contribution in [0.2, 0.25) is 0 Å². The smallest absolute Gasteiger partial charge is 0.374 e. The highest BCUT2D eigenvalue weighted by molar-refractivity contribution is 5.83. The van der Waals surface area contributed by atoms with Gasteiger partial charge in [0.05, 0.1) is 17.1 Å². The molecule has 0 unspecified atom stereocenters. The third-order valence-corrected chi connectivity index (χ3v) is 8.32. The fourth-order valence-electron chi connectivity index (χ4n) is 5.95. The monoisotopic (exact) mass is 625 g/mol. The Balaban J connectivity index is 1.36. The Bertz CT molecular complexity index is 1680. The molecule has 0 saturated carbocycles. The lowest BCUT2D eigenvalue weighted by Gasteiger charge is -2.31. The second kappa shape index (κ2) is 13.9. The van der Waals surface area contributed by atoms with Crippen molar-refractivity contribution in [2.24, 2.45) is 5.73 Å². The van der Waals surface area contributed by atoms with Gasteiger partial charge in [0.2, 0.25) is 0 Å². The van der Waals surface area contributed by atoms with Gasteiger partial charge in [0.15, 0.2) is 0 Å². The standard InChI is InChI=1S/C33H39F4N7O/c1-20(38)40-13-12-27-6-3-7-29(41-27)22-8-10-28(11-9-22)44-19-24-17-30(42-31(24)43-32(44)45)23-14-21(4-2-5-26(39)18-34)15-25(16-23)33(35,36)37/h8-11,14-17,19,26-27,29,41H,2-7,12-13,18,39H2,1H3,(H2,38,40)(H,42,43,45)/t26-,27+,29+/m1/s1. The Morgan fingerprint density at radius 3 is 2.67 bits per heavy atom. The van der Waals surface area contributed by atoms with Crippen LogP contribution in [0.3, 0.4) is 0 Å². The van der Waals surface area contributed by atoms with Crippen molar-refractivity contribution in [1.82, 2.24) is 25.2 Å². The van der Waals surface area contributed by atoms with E-state index < -0.39 is 30.1 Å². The molecule has 6 N–H and O–H groups in total. The van der Waals surface area contributed by atoms with E-state index in [9.17, 15) is 22.4 Å². The lowest BCUT2D eigenvalue weighted by molar-refractivity contribution is -0.137. The van der Waals surface area contributed by atoms with Crippen LogP contribution in [0.15, 0.2) is 59.5 Å². The second-order valence-electron chi connectivity index (χ2n) is 11.9. The average Bonchev–Trinajstić information content (AvgIpc) is 3.43. The molecule has 3 atom stereocenters. The summed E-state index contributed by atoms with van der Waals surface area (Å²) in [6.07, 6.45) is 2.37. The number of piperidine rings is 1. The molecule has 4 aromatic rings. The number of H-pyrrole nitrogens is 1. The van der Waals surface area contributed by atoms with Gasteiger partial charge < -0.3 is 21.4 Å². The van der Waals surface area contributed by atoms with Crippen molar-refractivity contribution in [3.05, 3.63) is 81.9 Å². The second-order valence-corrected chi connectivity index (χ2v) is 11.9. The molecule has 0 spiro atoms. The zero-order valence-corrected chi connectivity index (χ0v) is 25.2. The molecule has 0 bridgehead atoms. The molecule has 1 aliphatic heterocycles. The summed E-state index contributed by atoms with van der Waals surface area (Å²) in [6.45, 7) is 1.81. The number of alkyl halides is 4. The summed E-state index contributed by atoms with van der Waals surface area (Å²) in [6, 6.07) is 13.2. The molecule has 0 amide bonds. The highest BCUT2D eigenvalue weighted by Crippen LogP contribution is 2.34. The molecule has 240 valence electrons. The minimum atomic E-state index is -4.55. The third kappa shape index (κ3) is 8.17. The van der Waals surface area contributed by atoms with Gasteiger partial charge in [-0.25, -0.2) is 9.18 Å². The van der Waals surface area contributed by atoms with Crippen LogP contribution in [0.5, 0.6) is 0 Å². The van der Waals surface area contributed by atoms with Gasteiger partial charge in [-0.15, -0.1) is 0 Å². The molecule has 8 nitrogen and oxygen atoms in total. The molecule has 2 aromatic heterocycles. The van der Waals surface area contributed by atoms with Gasteiger partial charge >= 0.3 is 11.9 Å². The number of aromatic amines is 1. The normalized spacial score (nSPS) is 17.8. The van der Waals surface area contributed by atoms with E-state index in [0.29, 0.717) is 59.0 Å². The van der Waals surface area contributed by atoms with Crippen molar-refractivity contribution in [2.75, 3.05) is 13.2 Å². The third-order valence-electron chi connectivity index (χ3n) is 8.32. The fourth-order valence-corrected chi connectivity index (χ4v) is 5.95. The first-order valence-corrected chi connectivity index (χ1v) is 15.3. The molecule has 12 heteroatoms. The van der Waals surface area contributed by atoms with Crippen molar-refractivity contribution in [3.8, 4) is 16.9 Å². The fraction of sp³-hybridized carbons (Fsp3) is 0.424. The van der Waals surface area contributed by atoms with Gasteiger partial charge in [0.25, 0.3) is 0 Å². The van der Waals surface area contributed by atoms with Crippen molar-refractivity contribution in [3.63, 3.8) is 0 Å². The maximum Gasteiger partial charge on any atom is 0.416 e. The van der Waals surface area contributed by atoms with Gasteiger partial charge in [-0.05, 0) is 98.5 Å². The van der Waals surface area contributed by atoms with E-state index in [4.69, 9.17) is 11.1 Å². The van der Waals surface area contributed by atoms with E-state index in [1.807, 2.05) is 24.3 Å². The Morgan fingerprint density at radius 1 is 1.18 bits per heavy atom. The van der Waals surface area contributed by atoms with E-state index in [2.05, 4.69) is 20.6 Å². The topological polar surface area (TPSA) is 125 Å². The quantitative estimate of drug-likeness (QED) is 0.0774. The van der Waals surface area contributed by atoms with Gasteiger partial charge in [0, 0.05) is 41.9 Å². The number of nitrogens with one attached hydrogen (secondary N) is 4. The number of nitrogens with zero attached hydrogens (tertiary/aromatic N) is 2. The number of benzene rings is 2. The number of nitrogens with two attached hydrogens (primary N) is 1. The summed E-state index contributed by atoms with van der Waals surface area (Å²) in [5.74, 6) is 0.463. The number of aromatic nitrogens is 3. The Labute approximate surface area is 259 Å². The molecule has 45 heavy (non-hydrogen) atoms. The zero-order valence-electron chi connectivity index (χ0n) is 25.2. The first-order chi connectivity index (χ1) is 21.5. The SMILES string of the molecule is CC(=N)NCC[C@@H]1CCC[C@@H](c2ccc(-n3cc4cc(-c5cc(CCC[C@@H](N)CF)cc(C(F)(F)F)c5)[nH]c4nc3=O)cc2)N1. The number of hydrogen-bond acceptors (Lipinski definition) is 5. The molecular formula is C33H39F4N7O. The number of rotatable bonds is 11. The summed E-state index contributed by atoms with van der Waals surface area (Å²) >= 11 is 0. The van der Waals surface area contributed by atoms with Crippen LogP contribution in [0.4, 0.5) is 17.6 Å². The summed E-state index contributed by atoms with van der Waals surface area (Å²) in [5.41, 5.74) is 7.56. The van der Waals surface area contributed by atoms with Crippen LogP contribution in [-0.4, -0.2) is 45.7 Å². The summed E-state index contributed by atoms with van der Waals surface area (Å²) in [5, 5.41) is 14.9. The number of hydrogen-bond donors (Lipinski definition) is 5. The van der Waals surface area contributed by atoms with E-state index >= 15 is 0 Å². The van der Waals surface area contributed by atoms with Crippen molar-refractivity contribution < 1.29 is 17.6 Å². The van der Waals surface area contributed by atoms with Crippen molar-refractivity contribution >= 4 is 16.9 Å². The lowest BCUT2D eigenvalue weighted by atomic mass is 9.92. The first-order valence-electron chi connectivity index (χ1n) is 15.3. The first kappa shape index (κ1) is 32.4. The minimum absolute atomic E-state index is 0.196. The van der Waals surface area contributed by atoms with Crippen LogP contribution in [0.1, 0.15) is 68.2 Å². The Morgan fingerprint density at radius 2 is 1.96 bits per heavy atom. The van der Waals surface area contributed by atoms with E-state index in [1.54, 1.807) is 25.3 Å². The zero-order chi connectivity index (χ0) is 32.1. The summed E-state index contributed by atoms with van der Waals surface area (Å²) < 4.78 is 55.4. The van der Waals surface area contributed by atoms with Crippen LogP contribution in [0.25, 0.3) is 28.0 Å². The van der Waals surface area contributed by atoms with Crippen LogP contribution < -0.4 is 22.1 Å². The largest absolute Gasteiger partial charge is 0.416 e. The summed E-state index contributed by atoms with van der Waals surface area (Å²) in [7, 11) is 0. The van der Waals surface area contributed by atoms with Crippen LogP contribution in [0, 0.1) is 5.41 Å². The van der Waals surface area contributed by atoms with Crippen molar-refractivity contribution in [2.45, 2.75) is 76.2 Å². The Kier molecular flexibility index (Phi) is 10.0. The number of fused-ring (bicyclic) bond motifs is 1. The Hall–Kier alpha value is -4.03. The predicted molar refractivity (Wildman–Crippen MR) is 169 cm³/mol. The van der Waals surface area contributed by atoms with Gasteiger partial charge in [-0.3, -0.25) is 9.98 Å². The van der Waals surface area contributed by atoms with E-state index in [1.165, 1.54) is 4.57 Å². The maximum atomic E-state index is 13.8. The molecule has 2 aromatic carbocycles. The molecular weight excluding hydrogens is 586 g/mol. The molecule has 0 aliphatic carbocycles. The predicted octanol–water partition coefficient (Wildman–Crippen LogP) is 6.18. The average molecular weight is 626 g/mol. The number of aryl methyl sites for hydroxylation is 1. The van der Waals surface area contributed by atoms with Gasteiger partial charge in [0.1, 0.15) is 12.3 Å². The van der Waals surface area contributed by atoms with Gasteiger partial charge in [-0.1, -0.05) is 18.6 Å². The molecule has 3 heterocycles. The molecule has 5 rings (SSSR count).